The van der Waals surface area contributed by atoms with Crippen molar-refractivity contribution in [3.8, 4) is 0 Å². The van der Waals surface area contributed by atoms with E-state index in [2.05, 4.69) is 20.9 Å². The van der Waals surface area contributed by atoms with Crippen molar-refractivity contribution in [3.05, 3.63) is 53.6 Å². The minimum atomic E-state index is -0.386. The molecule has 1 unspecified atom stereocenters. The lowest BCUT2D eigenvalue weighted by Crippen LogP contribution is -2.42. The number of amides is 1. The van der Waals surface area contributed by atoms with Crippen molar-refractivity contribution in [3.63, 3.8) is 0 Å². The summed E-state index contributed by atoms with van der Waals surface area (Å²) >= 11 is 0. The highest BCUT2D eigenvalue weighted by molar-refractivity contribution is 5.82. The van der Waals surface area contributed by atoms with Gasteiger partial charge in [-0.05, 0) is 23.6 Å². The molecule has 0 fully saturated rings. The molecule has 1 atom stereocenters. The topological polar surface area (TPSA) is 75.0 Å². The van der Waals surface area contributed by atoms with Crippen LogP contribution < -0.4 is 5.73 Å². The number of carbonyl (C=O) groups excluding carboxylic acids is 1. The highest BCUT2D eigenvalue weighted by atomic mass is 16.1. The van der Waals surface area contributed by atoms with Crippen LogP contribution in [0, 0.1) is 6.07 Å². The Morgan fingerprint density at radius 2 is 2.53 bits per heavy atom. The van der Waals surface area contributed by atoms with Gasteiger partial charge in [-0.1, -0.05) is 18.2 Å². The normalized spacial score (nSPS) is 19.1. The number of nitrogens with one attached hydrogen (secondary N) is 1. The van der Waals surface area contributed by atoms with E-state index >= 15 is 0 Å². The number of H-pyrrole nitrogens is 1. The predicted molar refractivity (Wildman–Crippen MR) is 69.9 cm³/mol. The number of nitrogens with two attached hydrogens (primary N) is 1. The average molecular weight is 255 g/mol. The molecule has 0 saturated heterocycles. The summed E-state index contributed by atoms with van der Waals surface area (Å²) in [6, 6.07) is 8.36. The zero-order chi connectivity index (χ0) is 13.2. The van der Waals surface area contributed by atoms with E-state index in [-0.39, 0.29) is 11.9 Å². The predicted octanol–water partition coefficient (Wildman–Crippen LogP) is 0.795. The third-order valence-electron chi connectivity index (χ3n) is 3.49. The molecule has 0 aliphatic carbocycles. The van der Waals surface area contributed by atoms with Crippen molar-refractivity contribution >= 4 is 5.91 Å². The number of carbonyl (C=O) groups is 1. The molecule has 0 saturated carbocycles. The van der Waals surface area contributed by atoms with E-state index in [9.17, 15) is 4.79 Å². The Kier molecular flexibility index (Phi) is 3.05. The minimum Gasteiger partial charge on any atom is -0.368 e. The maximum Gasteiger partial charge on any atom is 0.239 e. The molecule has 5 heteroatoms. The van der Waals surface area contributed by atoms with E-state index in [1.165, 1.54) is 0 Å². The van der Waals surface area contributed by atoms with Gasteiger partial charge in [0.2, 0.25) is 5.91 Å². The number of hydrogen-bond acceptors (Lipinski definition) is 3. The van der Waals surface area contributed by atoms with Crippen molar-refractivity contribution in [2.45, 2.75) is 19.0 Å². The van der Waals surface area contributed by atoms with Crippen LogP contribution in [0.3, 0.4) is 0 Å². The molecule has 3 rings (SSSR count). The van der Waals surface area contributed by atoms with Gasteiger partial charge in [-0.2, -0.15) is 0 Å². The molecule has 1 aliphatic heterocycles. The quantitative estimate of drug-likeness (QED) is 0.851. The first-order valence-corrected chi connectivity index (χ1v) is 6.26. The first kappa shape index (κ1) is 11.9. The summed E-state index contributed by atoms with van der Waals surface area (Å²) in [5.74, 6) is 0.524. The summed E-state index contributed by atoms with van der Waals surface area (Å²) < 4.78 is 0. The molecular weight excluding hydrogens is 240 g/mol. The summed E-state index contributed by atoms with van der Waals surface area (Å²) in [4.78, 5) is 21.1. The molecule has 3 N–H and O–H groups in total. The second-order valence-corrected chi connectivity index (χ2v) is 4.69. The van der Waals surface area contributed by atoms with Crippen LogP contribution >= 0.6 is 0 Å². The molecule has 0 spiro atoms. The van der Waals surface area contributed by atoms with Crippen LogP contribution in [-0.4, -0.2) is 27.3 Å². The van der Waals surface area contributed by atoms with Crippen LogP contribution in [0.2, 0.25) is 0 Å². The zero-order valence-electron chi connectivity index (χ0n) is 10.5. The molecule has 2 heterocycles. The summed E-state index contributed by atoms with van der Waals surface area (Å²) in [6.07, 6.45) is 4.39. The van der Waals surface area contributed by atoms with Crippen molar-refractivity contribution in [2.24, 2.45) is 5.73 Å². The summed E-state index contributed by atoms with van der Waals surface area (Å²) in [5.41, 5.74) is 7.72. The first-order chi connectivity index (χ1) is 9.25. The van der Waals surface area contributed by atoms with Gasteiger partial charge in [0.1, 0.15) is 11.9 Å². The number of imidazole rings is 1. The Balaban J connectivity index is 1.92. The van der Waals surface area contributed by atoms with Crippen molar-refractivity contribution in [2.75, 3.05) is 6.54 Å². The maximum absolute atomic E-state index is 11.8. The number of rotatable bonds is 3. The lowest BCUT2D eigenvalue weighted by molar-refractivity contribution is -0.124. The fourth-order valence-corrected chi connectivity index (χ4v) is 2.63. The van der Waals surface area contributed by atoms with Crippen LogP contribution in [0.5, 0.6) is 0 Å². The summed E-state index contributed by atoms with van der Waals surface area (Å²) in [7, 11) is 0. The number of aromatic nitrogens is 2. The van der Waals surface area contributed by atoms with Crippen LogP contribution in [0.1, 0.15) is 23.0 Å². The van der Waals surface area contributed by atoms with Gasteiger partial charge in [0.05, 0.1) is 6.54 Å². The Morgan fingerprint density at radius 1 is 1.63 bits per heavy atom. The van der Waals surface area contributed by atoms with E-state index in [0.29, 0.717) is 6.54 Å². The van der Waals surface area contributed by atoms with E-state index in [1.54, 1.807) is 12.4 Å². The van der Waals surface area contributed by atoms with Crippen LogP contribution in [0.4, 0.5) is 0 Å². The van der Waals surface area contributed by atoms with Crippen LogP contribution in [0.25, 0.3) is 0 Å². The summed E-state index contributed by atoms with van der Waals surface area (Å²) in [5, 5.41) is 0. The van der Waals surface area contributed by atoms with Crippen molar-refractivity contribution < 1.29 is 4.79 Å². The Hall–Kier alpha value is -2.14. The van der Waals surface area contributed by atoms with Crippen LogP contribution in [0.15, 0.2) is 30.6 Å². The average Bonchev–Trinajstić information content (AvgIpc) is 2.91. The van der Waals surface area contributed by atoms with Crippen molar-refractivity contribution in [1.82, 2.24) is 14.9 Å². The summed E-state index contributed by atoms with van der Waals surface area (Å²) in [6.45, 7) is 1.39. The molecule has 1 aliphatic rings. The number of benzene rings is 1. The number of primary amides is 1. The fraction of sp³-hybridized carbons (Fsp3) is 0.286. The first-order valence-electron chi connectivity index (χ1n) is 6.26. The molecule has 1 aromatic heterocycles. The minimum absolute atomic E-state index is 0.321. The molecule has 5 nitrogen and oxygen atoms in total. The van der Waals surface area contributed by atoms with E-state index in [0.717, 1.165) is 29.9 Å². The molecule has 97 valence electrons. The molecule has 2 aromatic rings. The Morgan fingerprint density at radius 3 is 3.26 bits per heavy atom. The maximum atomic E-state index is 11.8. The Labute approximate surface area is 111 Å². The van der Waals surface area contributed by atoms with Gasteiger partial charge in [-0.15, -0.1) is 0 Å². The van der Waals surface area contributed by atoms with Gasteiger partial charge < -0.3 is 10.7 Å². The van der Waals surface area contributed by atoms with Gasteiger partial charge in [0.25, 0.3) is 0 Å². The third kappa shape index (κ3) is 2.24. The van der Waals surface area contributed by atoms with Gasteiger partial charge in [0, 0.05) is 18.9 Å². The molecular formula is C14H15N4O. The largest absolute Gasteiger partial charge is 0.368 e. The van der Waals surface area contributed by atoms with E-state index in [4.69, 9.17) is 5.73 Å². The highest BCUT2D eigenvalue weighted by Gasteiger charge is 2.31. The number of fused-ring (bicyclic) bond motifs is 1. The molecule has 1 radical (unpaired) electrons. The number of hydrogen-bond donors (Lipinski definition) is 2. The monoisotopic (exact) mass is 255 g/mol. The lowest BCUT2D eigenvalue weighted by atomic mass is 9.92. The SMILES string of the molecule is NC(=O)C1c2cc[c]cc2CCN1Cc1ncc[nH]1. The zero-order valence-corrected chi connectivity index (χ0v) is 10.5. The molecule has 0 bridgehead atoms. The van der Waals surface area contributed by atoms with Gasteiger partial charge in [0.15, 0.2) is 0 Å². The van der Waals surface area contributed by atoms with Crippen LogP contribution in [-0.2, 0) is 17.8 Å². The van der Waals surface area contributed by atoms with Gasteiger partial charge in [-0.3, -0.25) is 9.69 Å². The highest BCUT2D eigenvalue weighted by Crippen LogP contribution is 2.30. The Bertz CT molecular complexity index is 579. The molecule has 19 heavy (non-hydrogen) atoms. The standard InChI is InChI=1S/C14H15N4O/c15-14(19)13-11-4-2-1-3-10(11)5-8-18(13)9-12-16-6-7-17-12/h2-4,6-7,13H,5,8-9H2,(H2,15,19)(H,16,17). The smallest absolute Gasteiger partial charge is 0.239 e. The second-order valence-electron chi connectivity index (χ2n) is 4.69. The number of aromatic amines is 1. The fourth-order valence-electron chi connectivity index (χ4n) is 2.63. The van der Waals surface area contributed by atoms with Crippen molar-refractivity contribution in [1.29, 1.82) is 0 Å². The van der Waals surface area contributed by atoms with E-state index < -0.39 is 0 Å². The third-order valence-corrected chi connectivity index (χ3v) is 3.49. The van der Waals surface area contributed by atoms with Gasteiger partial charge in [-0.25, -0.2) is 4.98 Å². The second kappa shape index (κ2) is 4.85. The van der Waals surface area contributed by atoms with E-state index in [1.807, 2.05) is 18.2 Å². The molecule has 1 amide bonds. The number of nitrogens with zero attached hydrogens (tertiary/aromatic N) is 2. The molecule has 1 aromatic carbocycles. The van der Waals surface area contributed by atoms with Gasteiger partial charge >= 0.3 is 0 Å². The lowest BCUT2D eigenvalue weighted by Gasteiger charge is -2.34.